The molecule has 1 rings (SSSR count). The van der Waals surface area contributed by atoms with Crippen LogP contribution in [0.25, 0.3) is 0 Å². The van der Waals surface area contributed by atoms with Crippen molar-refractivity contribution in [3.8, 4) is 5.75 Å². The Morgan fingerprint density at radius 3 is 2.57 bits per heavy atom. The van der Waals surface area contributed by atoms with Crippen LogP contribution in [0.3, 0.4) is 0 Å². The maximum atomic E-state index is 10.4. The van der Waals surface area contributed by atoms with E-state index in [9.17, 15) is 15.2 Å². The van der Waals surface area contributed by atoms with Gasteiger partial charge in [-0.3, -0.25) is 10.1 Å². The number of hydrogen-bond donors (Lipinski definition) is 2. The van der Waals surface area contributed by atoms with Crippen molar-refractivity contribution >= 4 is 5.69 Å². The van der Waals surface area contributed by atoms with Crippen LogP contribution in [0.15, 0.2) is 18.2 Å². The van der Waals surface area contributed by atoms with Crippen LogP contribution in [0.4, 0.5) is 5.69 Å². The summed E-state index contributed by atoms with van der Waals surface area (Å²) in [7, 11) is 3.89. The van der Waals surface area contributed by atoms with E-state index in [2.05, 4.69) is 0 Å². The molecule has 0 unspecified atom stereocenters. The molecule has 0 aliphatic rings. The number of quaternary nitrogens is 1. The Kier molecular flexibility index (Phi) is 3.03. The second kappa shape index (κ2) is 4.06. The summed E-state index contributed by atoms with van der Waals surface area (Å²) in [6.07, 6.45) is 0. The van der Waals surface area contributed by atoms with E-state index in [0.717, 1.165) is 10.5 Å². The highest BCUT2D eigenvalue weighted by Gasteiger charge is 2.11. The predicted molar refractivity (Wildman–Crippen MR) is 51.3 cm³/mol. The minimum Gasteiger partial charge on any atom is -0.507 e. The fourth-order valence-corrected chi connectivity index (χ4v) is 1.20. The van der Waals surface area contributed by atoms with Gasteiger partial charge in [0.2, 0.25) is 0 Å². The SMILES string of the molecule is C[NH+](C)Cc1ccc([N+](=O)[O-])cc1O. The molecule has 5 heteroatoms. The van der Waals surface area contributed by atoms with Crippen molar-refractivity contribution in [3.63, 3.8) is 0 Å². The van der Waals surface area contributed by atoms with Crippen molar-refractivity contribution in [2.75, 3.05) is 14.1 Å². The minimum absolute atomic E-state index is 0.0135. The van der Waals surface area contributed by atoms with E-state index in [1.165, 1.54) is 12.1 Å². The number of nitro groups is 1. The van der Waals surface area contributed by atoms with Gasteiger partial charge >= 0.3 is 0 Å². The van der Waals surface area contributed by atoms with Gasteiger partial charge in [-0.15, -0.1) is 0 Å². The standard InChI is InChI=1S/C9H12N2O3/c1-10(2)6-7-3-4-8(11(13)14)5-9(7)12/h3-5,12H,6H2,1-2H3/p+1. The van der Waals surface area contributed by atoms with Crippen molar-refractivity contribution in [1.29, 1.82) is 0 Å². The van der Waals surface area contributed by atoms with Crippen molar-refractivity contribution in [2.24, 2.45) is 0 Å². The molecule has 76 valence electrons. The van der Waals surface area contributed by atoms with E-state index in [1.54, 1.807) is 6.07 Å². The number of rotatable bonds is 3. The molecule has 0 heterocycles. The smallest absolute Gasteiger partial charge is 0.273 e. The predicted octanol–water partition coefficient (Wildman–Crippen LogP) is -0.0551. The van der Waals surface area contributed by atoms with E-state index < -0.39 is 4.92 Å². The Morgan fingerprint density at radius 2 is 2.14 bits per heavy atom. The van der Waals surface area contributed by atoms with Gasteiger partial charge < -0.3 is 10.0 Å². The van der Waals surface area contributed by atoms with E-state index in [0.29, 0.717) is 6.54 Å². The molecule has 0 spiro atoms. The van der Waals surface area contributed by atoms with Gasteiger partial charge in [-0.2, -0.15) is 0 Å². The largest absolute Gasteiger partial charge is 0.507 e. The van der Waals surface area contributed by atoms with Crippen molar-refractivity contribution in [1.82, 2.24) is 0 Å². The lowest BCUT2D eigenvalue weighted by atomic mass is 10.2. The lowest BCUT2D eigenvalue weighted by Gasteiger charge is -2.08. The number of nitro benzene ring substituents is 1. The first-order chi connectivity index (χ1) is 6.50. The van der Waals surface area contributed by atoms with Gasteiger partial charge in [-0.25, -0.2) is 0 Å². The Hall–Kier alpha value is -1.62. The van der Waals surface area contributed by atoms with Gasteiger partial charge in [0.25, 0.3) is 5.69 Å². The fourth-order valence-electron chi connectivity index (χ4n) is 1.20. The van der Waals surface area contributed by atoms with Crippen molar-refractivity contribution < 1.29 is 14.9 Å². The number of nitrogens with one attached hydrogen (secondary N) is 1. The molecule has 0 bridgehead atoms. The van der Waals surface area contributed by atoms with E-state index in [1.807, 2.05) is 14.1 Å². The topological polar surface area (TPSA) is 67.8 Å². The fraction of sp³-hybridized carbons (Fsp3) is 0.333. The van der Waals surface area contributed by atoms with Crippen LogP contribution >= 0.6 is 0 Å². The molecule has 5 nitrogen and oxygen atoms in total. The Balaban J connectivity index is 2.95. The third-order valence-corrected chi connectivity index (χ3v) is 1.82. The van der Waals surface area contributed by atoms with Crippen LogP contribution < -0.4 is 4.90 Å². The summed E-state index contributed by atoms with van der Waals surface area (Å²) in [5.74, 6) is -0.0135. The summed E-state index contributed by atoms with van der Waals surface area (Å²) in [6.45, 7) is 0.643. The molecule has 0 radical (unpaired) electrons. The number of aromatic hydroxyl groups is 1. The van der Waals surface area contributed by atoms with Gasteiger partial charge in [0, 0.05) is 11.6 Å². The summed E-state index contributed by atoms with van der Waals surface area (Å²) in [4.78, 5) is 11.0. The maximum absolute atomic E-state index is 10.4. The molecule has 0 aliphatic carbocycles. The number of nitrogens with zero attached hydrogens (tertiary/aromatic N) is 1. The number of hydrogen-bond acceptors (Lipinski definition) is 3. The van der Waals surface area contributed by atoms with Crippen LogP contribution in [0, 0.1) is 10.1 Å². The van der Waals surface area contributed by atoms with E-state index >= 15 is 0 Å². The maximum Gasteiger partial charge on any atom is 0.273 e. The first kappa shape index (κ1) is 10.5. The number of benzene rings is 1. The first-order valence-electron chi connectivity index (χ1n) is 4.26. The zero-order valence-electron chi connectivity index (χ0n) is 8.15. The highest BCUT2D eigenvalue weighted by Crippen LogP contribution is 2.22. The summed E-state index contributed by atoms with van der Waals surface area (Å²) in [5, 5.41) is 19.8. The first-order valence-corrected chi connectivity index (χ1v) is 4.26. The van der Waals surface area contributed by atoms with Gasteiger partial charge in [-0.05, 0) is 6.07 Å². The second-order valence-electron chi connectivity index (χ2n) is 3.45. The second-order valence-corrected chi connectivity index (χ2v) is 3.45. The third-order valence-electron chi connectivity index (χ3n) is 1.82. The Bertz CT molecular complexity index is 350. The molecule has 0 atom stereocenters. The molecule has 0 fully saturated rings. The molecule has 1 aromatic carbocycles. The van der Waals surface area contributed by atoms with Crippen LogP contribution in [-0.2, 0) is 6.54 Å². The zero-order valence-corrected chi connectivity index (χ0v) is 8.15. The molecule has 0 aromatic heterocycles. The number of non-ortho nitro benzene ring substituents is 1. The highest BCUT2D eigenvalue weighted by atomic mass is 16.6. The zero-order chi connectivity index (χ0) is 10.7. The summed E-state index contributed by atoms with van der Waals surface area (Å²) in [6, 6.07) is 4.16. The number of phenolic OH excluding ortho intramolecular Hbond substituents is 1. The van der Waals surface area contributed by atoms with Crippen LogP contribution in [0.5, 0.6) is 5.75 Å². The van der Waals surface area contributed by atoms with Gasteiger partial charge in [-0.1, -0.05) is 0 Å². The monoisotopic (exact) mass is 197 g/mol. The molecular formula is C9H13N2O3+. The Morgan fingerprint density at radius 1 is 1.50 bits per heavy atom. The van der Waals surface area contributed by atoms with Crippen LogP contribution in [0.2, 0.25) is 0 Å². The van der Waals surface area contributed by atoms with Gasteiger partial charge in [0.05, 0.1) is 25.1 Å². The molecule has 2 N–H and O–H groups in total. The van der Waals surface area contributed by atoms with Gasteiger partial charge in [0.1, 0.15) is 12.3 Å². The summed E-state index contributed by atoms with van der Waals surface area (Å²) in [5.41, 5.74) is 0.635. The van der Waals surface area contributed by atoms with Crippen molar-refractivity contribution in [2.45, 2.75) is 6.54 Å². The normalized spacial score (nSPS) is 10.5. The lowest BCUT2D eigenvalue weighted by molar-refractivity contribution is -0.872. The molecule has 0 saturated carbocycles. The van der Waals surface area contributed by atoms with Gasteiger partial charge in [0.15, 0.2) is 0 Å². The molecule has 0 saturated heterocycles. The quantitative estimate of drug-likeness (QED) is 0.527. The van der Waals surface area contributed by atoms with Crippen LogP contribution in [0.1, 0.15) is 5.56 Å². The highest BCUT2D eigenvalue weighted by molar-refractivity contribution is 5.42. The van der Waals surface area contributed by atoms with E-state index in [-0.39, 0.29) is 11.4 Å². The molecule has 0 aliphatic heterocycles. The van der Waals surface area contributed by atoms with E-state index in [4.69, 9.17) is 0 Å². The average Bonchev–Trinajstić information content (AvgIpc) is 2.07. The molecular weight excluding hydrogens is 184 g/mol. The summed E-state index contributed by atoms with van der Waals surface area (Å²) < 4.78 is 0. The third kappa shape index (κ3) is 2.43. The molecule has 0 amide bonds. The Labute approximate surface area is 81.7 Å². The van der Waals surface area contributed by atoms with Crippen molar-refractivity contribution in [3.05, 3.63) is 33.9 Å². The molecule has 14 heavy (non-hydrogen) atoms. The average molecular weight is 197 g/mol. The van der Waals surface area contributed by atoms with Crippen LogP contribution in [-0.4, -0.2) is 24.1 Å². The summed E-state index contributed by atoms with van der Waals surface area (Å²) >= 11 is 0. The number of phenols is 1. The molecule has 1 aromatic rings. The lowest BCUT2D eigenvalue weighted by Crippen LogP contribution is -3.04. The minimum atomic E-state index is -0.522.